The first-order chi connectivity index (χ1) is 40.2. The lowest BCUT2D eigenvalue weighted by molar-refractivity contribution is 0.769. The van der Waals surface area contributed by atoms with Gasteiger partial charge in [0.1, 0.15) is 0 Å². The maximum atomic E-state index is 2.42. The fourth-order valence-electron chi connectivity index (χ4n) is 13.5. The number of rotatable bonds is 9. The van der Waals surface area contributed by atoms with Crippen LogP contribution in [0.4, 0.5) is 0 Å². The summed E-state index contributed by atoms with van der Waals surface area (Å²) in [4.78, 5) is 0. The van der Waals surface area contributed by atoms with Crippen molar-refractivity contribution in [3.05, 3.63) is 338 Å². The minimum Gasteiger partial charge on any atom is -0.309 e. The molecule has 0 radical (unpaired) electrons. The van der Waals surface area contributed by atoms with Gasteiger partial charge < -0.3 is 9.13 Å². The molecule has 0 aliphatic heterocycles. The molecule has 0 N–H and O–H groups in total. The van der Waals surface area contributed by atoms with Crippen LogP contribution in [0.5, 0.6) is 0 Å². The van der Waals surface area contributed by atoms with E-state index >= 15 is 0 Å². The highest BCUT2D eigenvalue weighted by atomic mass is 15.0. The van der Waals surface area contributed by atoms with Crippen molar-refractivity contribution in [1.82, 2.24) is 9.13 Å². The first-order valence-corrected chi connectivity index (χ1v) is 28.1. The Labute approximate surface area is 471 Å². The molecule has 2 heteroatoms. The van der Waals surface area contributed by atoms with E-state index in [4.69, 9.17) is 0 Å². The number of hydrogen-bond acceptors (Lipinski definition) is 0. The summed E-state index contributed by atoms with van der Waals surface area (Å²) in [6.45, 7) is 0. The van der Waals surface area contributed by atoms with Crippen LogP contribution in [0.15, 0.2) is 315 Å². The van der Waals surface area contributed by atoms with Crippen LogP contribution in [0.2, 0.25) is 0 Å². The fourth-order valence-corrected chi connectivity index (χ4v) is 13.5. The van der Waals surface area contributed by atoms with Gasteiger partial charge in [-0.1, -0.05) is 243 Å². The lowest BCUT2D eigenvalue weighted by atomic mass is 9.67. The van der Waals surface area contributed by atoms with Crippen LogP contribution in [-0.4, -0.2) is 9.13 Å². The van der Waals surface area contributed by atoms with Crippen LogP contribution < -0.4 is 0 Å². The third-order valence-electron chi connectivity index (χ3n) is 17.2. The van der Waals surface area contributed by atoms with E-state index in [2.05, 4.69) is 325 Å². The number of fused-ring (bicyclic) bond motifs is 9. The van der Waals surface area contributed by atoms with Crippen molar-refractivity contribution in [3.8, 4) is 78.1 Å². The van der Waals surface area contributed by atoms with Crippen LogP contribution in [0.25, 0.3) is 122 Å². The first-order valence-electron chi connectivity index (χ1n) is 28.1. The Morgan fingerprint density at radius 1 is 0.198 bits per heavy atom. The summed E-state index contributed by atoms with van der Waals surface area (Å²) >= 11 is 0. The molecule has 0 atom stereocenters. The van der Waals surface area contributed by atoms with E-state index in [-0.39, 0.29) is 0 Å². The maximum absolute atomic E-state index is 2.42. The standard InChI is InChI=1S/C79H52N2/c1-3-18-53(19-4-1)60-23-17-27-66(50-60)81-76-35-14-10-31-70(76)72-52-62(43-47-78(72)81)61-42-46-77-71(51-61)69-30-9-13-34-75(69)80(77)65-44-40-55(41-45-65)54-36-38-56(39-37-54)57-20-15-21-58(48-57)59-22-16-26-64(49-59)79(63-24-5-2-6-25-63)73-32-11-7-28-67(73)68-29-8-12-33-74(68)79/h1-52H. The molecule has 0 bridgehead atoms. The minimum absolute atomic E-state index is 0.440. The zero-order valence-electron chi connectivity index (χ0n) is 44.4. The topological polar surface area (TPSA) is 9.86 Å². The Hall–Kier alpha value is -10.5. The molecule has 0 fully saturated rings. The molecule has 1 aliphatic rings. The molecule has 0 unspecified atom stereocenters. The highest BCUT2D eigenvalue weighted by molar-refractivity contribution is 6.13. The summed E-state index contributed by atoms with van der Waals surface area (Å²) in [5.74, 6) is 0. The molecule has 13 aromatic carbocycles. The Morgan fingerprint density at radius 3 is 1.17 bits per heavy atom. The van der Waals surface area contributed by atoms with Gasteiger partial charge in [0, 0.05) is 32.9 Å². The van der Waals surface area contributed by atoms with Crippen molar-refractivity contribution in [2.45, 2.75) is 5.41 Å². The predicted molar refractivity (Wildman–Crippen MR) is 340 cm³/mol. The van der Waals surface area contributed by atoms with E-state index in [9.17, 15) is 0 Å². The van der Waals surface area contributed by atoms with Crippen molar-refractivity contribution in [2.75, 3.05) is 0 Å². The van der Waals surface area contributed by atoms with Crippen LogP contribution >= 0.6 is 0 Å². The molecular formula is C79H52N2. The second-order valence-electron chi connectivity index (χ2n) is 21.6. The van der Waals surface area contributed by atoms with Gasteiger partial charge >= 0.3 is 0 Å². The molecule has 0 saturated carbocycles. The Kier molecular flexibility index (Phi) is 10.8. The Bertz CT molecular complexity index is 4860. The zero-order chi connectivity index (χ0) is 53.4. The summed E-state index contributed by atoms with van der Waals surface area (Å²) in [5.41, 5.74) is 26.4. The quantitative estimate of drug-likeness (QED) is 0.136. The Morgan fingerprint density at radius 2 is 0.568 bits per heavy atom. The third-order valence-corrected chi connectivity index (χ3v) is 17.2. The van der Waals surface area contributed by atoms with Crippen molar-refractivity contribution in [3.63, 3.8) is 0 Å². The van der Waals surface area contributed by atoms with E-state index in [0.29, 0.717) is 0 Å². The van der Waals surface area contributed by atoms with Crippen LogP contribution in [0.1, 0.15) is 22.3 Å². The molecule has 0 saturated heterocycles. The molecule has 2 aromatic heterocycles. The van der Waals surface area contributed by atoms with Gasteiger partial charge in [-0.25, -0.2) is 0 Å². The molecule has 2 nitrogen and oxygen atoms in total. The van der Waals surface area contributed by atoms with Crippen LogP contribution in [0, 0.1) is 0 Å². The first kappa shape index (κ1) is 46.5. The second-order valence-corrected chi connectivity index (χ2v) is 21.6. The van der Waals surface area contributed by atoms with Gasteiger partial charge in [0.25, 0.3) is 0 Å². The monoisotopic (exact) mass is 1030 g/mol. The smallest absolute Gasteiger partial charge is 0.0713 e. The number of hydrogen-bond donors (Lipinski definition) is 0. The van der Waals surface area contributed by atoms with Gasteiger partial charge in [-0.2, -0.15) is 0 Å². The van der Waals surface area contributed by atoms with Gasteiger partial charge in [0.05, 0.1) is 27.5 Å². The average molecular weight is 1030 g/mol. The number of para-hydroxylation sites is 2. The normalized spacial score (nSPS) is 12.5. The van der Waals surface area contributed by atoms with Crippen LogP contribution in [-0.2, 0) is 5.41 Å². The number of benzene rings is 13. The van der Waals surface area contributed by atoms with Crippen molar-refractivity contribution >= 4 is 43.6 Å². The van der Waals surface area contributed by atoms with E-state index < -0.39 is 5.41 Å². The molecule has 81 heavy (non-hydrogen) atoms. The fraction of sp³-hybridized carbons (Fsp3) is 0.0127. The maximum Gasteiger partial charge on any atom is 0.0713 e. The Balaban J connectivity index is 0.695. The molecular weight excluding hydrogens is 977 g/mol. The minimum atomic E-state index is -0.440. The SMILES string of the molecule is c1ccc(-c2cccc(-n3c4ccccc4c4cc(-c5ccc6c(c5)c5ccccc5n6-c5ccc(-c6ccc(-c7cccc(-c8cccc(C9(c%10ccccc%10)c%10ccccc%10-c%10ccccc%109)c8)c7)cc6)cc5)ccc43)c2)cc1. The molecule has 0 amide bonds. The van der Waals surface area contributed by atoms with E-state index in [1.165, 1.54) is 133 Å². The second kappa shape index (κ2) is 18.8. The van der Waals surface area contributed by atoms with Gasteiger partial charge in [-0.15, -0.1) is 0 Å². The van der Waals surface area contributed by atoms with Crippen molar-refractivity contribution in [1.29, 1.82) is 0 Å². The third kappa shape index (κ3) is 7.49. The summed E-state index contributed by atoms with van der Waals surface area (Å²) in [7, 11) is 0. The van der Waals surface area contributed by atoms with Gasteiger partial charge in [0.2, 0.25) is 0 Å². The van der Waals surface area contributed by atoms with Gasteiger partial charge in [-0.3, -0.25) is 0 Å². The number of aromatic nitrogens is 2. The lowest BCUT2D eigenvalue weighted by Crippen LogP contribution is -2.28. The highest BCUT2D eigenvalue weighted by Gasteiger charge is 2.46. The molecule has 16 rings (SSSR count). The molecule has 378 valence electrons. The predicted octanol–water partition coefficient (Wildman–Crippen LogP) is 20.6. The summed E-state index contributed by atoms with van der Waals surface area (Å²) in [6.07, 6.45) is 0. The number of nitrogens with zero attached hydrogens (tertiary/aromatic N) is 2. The van der Waals surface area contributed by atoms with Crippen molar-refractivity contribution in [2.24, 2.45) is 0 Å². The molecule has 0 spiro atoms. The molecule has 15 aromatic rings. The molecule has 1 aliphatic carbocycles. The van der Waals surface area contributed by atoms with Gasteiger partial charge in [-0.05, 0) is 162 Å². The molecule has 2 heterocycles. The van der Waals surface area contributed by atoms with Crippen LogP contribution in [0.3, 0.4) is 0 Å². The van der Waals surface area contributed by atoms with E-state index in [0.717, 1.165) is 11.4 Å². The summed E-state index contributed by atoms with van der Waals surface area (Å²) in [5, 5.41) is 4.96. The highest BCUT2D eigenvalue weighted by Crippen LogP contribution is 2.56. The zero-order valence-corrected chi connectivity index (χ0v) is 44.4. The lowest BCUT2D eigenvalue weighted by Gasteiger charge is -2.34. The summed E-state index contributed by atoms with van der Waals surface area (Å²) in [6, 6.07) is 116. The van der Waals surface area contributed by atoms with Gasteiger partial charge in [0.15, 0.2) is 0 Å². The van der Waals surface area contributed by atoms with Crippen molar-refractivity contribution < 1.29 is 0 Å². The largest absolute Gasteiger partial charge is 0.309 e. The van der Waals surface area contributed by atoms with E-state index in [1.54, 1.807) is 0 Å². The van der Waals surface area contributed by atoms with E-state index in [1.807, 2.05) is 0 Å². The summed E-state index contributed by atoms with van der Waals surface area (Å²) < 4.78 is 4.83. The average Bonchev–Trinajstić information content (AvgIpc) is 3.98.